The topological polar surface area (TPSA) is 79.4 Å². The molecule has 1 amide bonds. The molecule has 0 bridgehead atoms. The van der Waals surface area contributed by atoms with Gasteiger partial charge in [-0.3, -0.25) is 4.79 Å². The molecule has 132 valence electrons. The molecule has 0 radical (unpaired) electrons. The first kappa shape index (κ1) is 17.2. The van der Waals surface area contributed by atoms with Gasteiger partial charge in [0.1, 0.15) is 23.6 Å². The number of hydrogen-bond donors (Lipinski definition) is 2. The Labute approximate surface area is 147 Å². The van der Waals surface area contributed by atoms with E-state index in [9.17, 15) is 4.79 Å². The number of benzene rings is 1. The maximum Gasteiger partial charge on any atom is 0.253 e. The lowest BCUT2D eigenvalue weighted by Gasteiger charge is -2.14. The van der Waals surface area contributed by atoms with Crippen LogP contribution in [0.3, 0.4) is 0 Å². The number of carbonyl (C=O) groups is 1. The third kappa shape index (κ3) is 4.45. The monoisotopic (exact) mass is 341 g/mol. The van der Waals surface area contributed by atoms with Crippen molar-refractivity contribution in [1.29, 1.82) is 0 Å². The van der Waals surface area contributed by atoms with Crippen LogP contribution < -0.4 is 15.5 Å². The number of hydrogen-bond acceptors (Lipinski definition) is 6. The summed E-state index contributed by atoms with van der Waals surface area (Å²) in [7, 11) is 3.88. The van der Waals surface area contributed by atoms with Crippen LogP contribution in [0.15, 0.2) is 30.3 Å². The Kier molecular flexibility index (Phi) is 5.14. The van der Waals surface area contributed by atoms with Crippen LogP contribution in [0.2, 0.25) is 0 Å². The second-order valence-corrected chi connectivity index (χ2v) is 6.25. The third-order valence-corrected chi connectivity index (χ3v) is 3.93. The molecule has 25 heavy (non-hydrogen) atoms. The Morgan fingerprint density at radius 3 is 2.56 bits per heavy atom. The highest BCUT2D eigenvalue weighted by molar-refractivity contribution is 5.94. The van der Waals surface area contributed by atoms with E-state index < -0.39 is 0 Å². The molecule has 0 aliphatic carbocycles. The highest BCUT2D eigenvalue weighted by Crippen LogP contribution is 2.21. The van der Waals surface area contributed by atoms with Gasteiger partial charge in [-0.2, -0.15) is 0 Å². The number of rotatable bonds is 5. The summed E-state index contributed by atoms with van der Waals surface area (Å²) in [5.74, 6) is 2.19. The second kappa shape index (κ2) is 7.48. The van der Waals surface area contributed by atoms with Gasteiger partial charge in [0.15, 0.2) is 0 Å². The molecular weight excluding hydrogens is 318 g/mol. The molecule has 2 aromatic rings. The van der Waals surface area contributed by atoms with Crippen molar-refractivity contribution < 1.29 is 9.53 Å². The number of nitrogens with zero attached hydrogens (tertiary/aromatic N) is 3. The van der Waals surface area contributed by atoms with Crippen LogP contribution in [-0.2, 0) is 9.53 Å². The lowest BCUT2D eigenvalue weighted by molar-refractivity contribution is -0.124. The molecule has 1 saturated heterocycles. The number of carbonyl (C=O) groups excluding carboxylic acids is 1. The van der Waals surface area contributed by atoms with Gasteiger partial charge < -0.3 is 20.3 Å². The summed E-state index contributed by atoms with van der Waals surface area (Å²) in [6, 6.07) is 9.40. The van der Waals surface area contributed by atoms with Gasteiger partial charge in [-0.15, -0.1) is 0 Å². The van der Waals surface area contributed by atoms with E-state index >= 15 is 0 Å². The summed E-state index contributed by atoms with van der Waals surface area (Å²) in [4.78, 5) is 22.8. The number of ether oxygens (including phenoxy) is 1. The van der Waals surface area contributed by atoms with E-state index in [2.05, 4.69) is 20.6 Å². The van der Waals surface area contributed by atoms with Gasteiger partial charge >= 0.3 is 0 Å². The van der Waals surface area contributed by atoms with Crippen LogP contribution >= 0.6 is 0 Å². The number of aromatic nitrogens is 2. The van der Waals surface area contributed by atoms with Gasteiger partial charge in [-0.1, -0.05) is 0 Å². The van der Waals surface area contributed by atoms with Crippen molar-refractivity contribution in [2.45, 2.75) is 25.9 Å². The Hall–Kier alpha value is -2.67. The quantitative estimate of drug-likeness (QED) is 0.870. The molecule has 1 fully saturated rings. The molecule has 2 heterocycles. The fourth-order valence-electron chi connectivity index (χ4n) is 2.64. The summed E-state index contributed by atoms with van der Waals surface area (Å²) in [5, 5.41) is 6.14. The van der Waals surface area contributed by atoms with Crippen molar-refractivity contribution in [3.8, 4) is 0 Å². The molecule has 0 saturated carbocycles. The summed E-state index contributed by atoms with van der Waals surface area (Å²) < 4.78 is 5.39. The van der Waals surface area contributed by atoms with Gasteiger partial charge in [0.05, 0.1) is 0 Å². The SMILES string of the molecule is Cc1nc(Nc2ccc(NC(=O)[C@@H]3CCCO3)cc2)cc(N(C)C)n1. The molecule has 1 aliphatic rings. The van der Waals surface area contributed by atoms with Gasteiger partial charge in [0.2, 0.25) is 0 Å². The molecular formula is C18H23N5O2. The fraction of sp³-hybridized carbons (Fsp3) is 0.389. The van der Waals surface area contributed by atoms with E-state index in [0.29, 0.717) is 12.4 Å². The molecule has 1 aliphatic heterocycles. The Morgan fingerprint density at radius 2 is 1.92 bits per heavy atom. The molecule has 0 spiro atoms. The first-order chi connectivity index (χ1) is 12.0. The average molecular weight is 341 g/mol. The molecule has 3 rings (SSSR count). The van der Waals surface area contributed by atoms with E-state index in [4.69, 9.17) is 4.74 Å². The summed E-state index contributed by atoms with van der Waals surface area (Å²) in [6.45, 7) is 2.52. The minimum absolute atomic E-state index is 0.0831. The molecule has 1 aromatic heterocycles. The molecule has 0 unspecified atom stereocenters. The van der Waals surface area contributed by atoms with Gasteiger partial charge in [0.25, 0.3) is 5.91 Å². The number of amides is 1. The maximum atomic E-state index is 12.1. The third-order valence-electron chi connectivity index (χ3n) is 3.93. The normalized spacial score (nSPS) is 16.5. The van der Waals surface area contributed by atoms with Crippen LogP contribution in [0.5, 0.6) is 0 Å². The van der Waals surface area contributed by atoms with Crippen LogP contribution in [0.25, 0.3) is 0 Å². The predicted molar refractivity (Wildman–Crippen MR) is 98.4 cm³/mol. The van der Waals surface area contributed by atoms with E-state index in [-0.39, 0.29) is 12.0 Å². The van der Waals surface area contributed by atoms with Crippen molar-refractivity contribution >= 4 is 28.9 Å². The van der Waals surface area contributed by atoms with Crippen LogP contribution in [0.1, 0.15) is 18.7 Å². The van der Waals surface area contributed by atoms with Crippen molar-refractivity contribution in [2.75, 3.05) is 36.2 Å². The lowest BCUT2D eigenvalue weighted by atomic mass is 10.2. The maximum absolute atomic E-state index is 12.1. The van der Waals surface area contributed by atoms with Gasteiger partial charge in [-0.05, 0) is 44.0 Å². The summed E-state index contributed by atoms with van der Waals surface area (Å²) in [6.07, 6.45) is 1.40. The highest BCUT2D eigenvalue weighted by atomic mass is 16.5. The van der Waals surface area contributed by atoms with Crippen molar-refractivity contribution in [3.05, 3.63) is 36.2 Å². The number of anilines is 4. The Morgan fingerprint density at radius 1 is 1.20 bits per heavy atom. The molecule has 1 aromatic carbocycles. The zero-order valence-corrected chi connectivity index (χ0v) is 14.7. The highest BCUT2D eigenvalue weighted by Gasteiger charge is 2.23. The Bertz CT molecular complexity index is 740. The molecule has 7 nitrogen and oxygen atoms in total. The largest absolute Gasteiger partial charge is 0.368 e. The van der Waals surface area contributed by atoms with E-state index in [1.54, 1.807) is 0 Å². The first-order valence-electron chi connectivity index (χ1n) is 8.34. The fourth-order valence-corrected chi connectivity index (χ4v) is 2.64. The lowest BCUT2D eigenvalue weighted by Crippen LogP contribution is -2.26. The van der Waals surface area contributed by atoms with Crippen molar-refractivity contribution in [1.82, 2.24) is 9.97 Å². The van der Waals surface area contributed by atoms with Gasteiger partial charge in [0, 0.05) is 38.1 Å². The van der Waals surface area contributed by atoms with Gasteiger partial charge in [-0.25, -0.2) is 9.97 Å². The van der Waals surface area contributed by atoms with Crippen LogP contribution in [0.4, 0.5) is 23.0 Å². The summed E-state index contributed by atoms with van der Waals surface area (Å²) >= 11 is 0. The Balaban J connectivity index is 1.65. The van der Waals surface area contributed by atoms with E-state index in [1.165, 1.54) is 0 Å². The van der Waals surface area contributed by atoms with Crippen LogP contribution in [-0.4, -0.2) is 42.7 Å². The summed E-state index contributed by atoms with van der Waals surface area (Å²) in [5.41, 5.74) is 1.64. The number of aryl methyl sites for hydroxylation is 1. The first-order valence-corrected chi connectivity index (χ1v) is 8.34. The predicted octanol–water partition coefficient (Wildman–Crippen LogP) is 2.71. The molecule has 7 heteroatoms. The minimum atomic E-state index is -0.328. The average Bonchev–Trinajstić information content (AvgIpc) is 3.11. The van der Waals surface area contributed by atoms with Crippen LogP contribution in [0, 0.1) is 6.92 Å². The molecule has 1 atom stereocenters. The zero-order valence-electron chi connectivity index (χ0n) is 14.7. The molecule has 2 N–H and O–H groups in total. The van der Waals surface area contributed by atoms with E-state index in [1.807, 2.05) is 56.3 Å². The van der Waals surface area contributed by atoms with Crippen molar-refractivity contribution in [3.63, 3.8) is 0 Å². The standard InChI is InChI=1S/C18H23N5O2/c1-12-19-16(11-17(20-12)23(2)3)21-13-6-8-14(9-7-13)22-18(24)15-5-4-10-25-15/h6-9,11,15H,4-5,10H2,1-3H3,(H,22,24)(H,19,20,21)/t15-/m0/s1. The second-order valence-electron chi connectivity index (χ2n) is 6.25. The smallest absolute Gasteiger partial charge is 0.253 e. The zero-order chi connectivity index (χ0) is 17.8. The minimum Gasteiger partial charge on any atom is -0.368 e. The van der Waals surface area contributed by atoms with Crippen molar-refractivity contribution in [2.24, 2.45) is 0 Å². The number of nitrogens with one attached hydrogen (secondary N) is 2. The van der Waals surface area contributed by atoms with E-state index in [0.717, 1.165) is 35.9 Å².